The summed E-state index contributed by atoms with van der Waals surface area (Å²) >= 11 is 0. The first-order valence-electron chi connectivity index (χ1n) is 7.78. The van der Waals surface area contributed by atoms with E-state index in [1.807, 2.05) is 0 Å². The van der Waals surface area contributed by atoms with Crippen LogP contribution >= 0.6 is 0 Å². The van der Waals surface area contributed by atoms with Gasteiger partial charge in [0.15, 0.2) is 6.29 Å². The van der Waals surface area contributed by atoms with Crippen LogP contribution in [-0.4, -0.2) is 56.6 Å². The molecule has 120 valence electrons. The van der Waals surface area contributed by atoms with Crippen LogP contribution in [0, 0.1) is 0 Å². The minimum Gasteiger partial charge on any atom is -0.388 e. The molecule has 5 nitrogen and oxygen atoms in total. The van der Waals surface area contributed by atoms with Gasteiger partial charge in [-0.25, -0.2) is 0 Å². The number of hydrogen-bond donors (Lipinski definition) is 1. The van der Waals surface area contributed by atoms with Crippen molar-refractivity contribution in [2.45, 2.75) is 70.6 Å². The Kier molecular flexibility index (Phi) is 9.39. The monoisotopic (exact) mass is 290 g/mol. The lowest BCUT2D eigenvalue weighted by Crippen LogP contribution is -2.34. The summed E-state index contributed by atoms with van der Waals surface area (Å²) in [6.07, 6.45) is 3.40. The lowest BCUT2D eigenvalue weighted by Gasteiger charge is -2.23. The quantitative estimate of drug-likeness (QED) is 0.591. The van der Waals surface area contributed by atoms with E-state index >= 15 is 0 Å². The van der Waals surface area contributed by atoms with Crippen LogP contribution in [0.3, 0.4) is 0 Å². The molecule has 0 spiro atoms. The van der Waals surface area contributed by atoms with Gasteiger partial charge in [0.05, 0.1) is 12.7 Å². The van der Waals surface area contributed by atoms with E-state index in [9.17, 15) is 5.11 Å². The smallest absolute Gasteiger partial charge is 0.183 e. The number of methoxy groups -OCH3 is 1. The Labute approximate surface area is 122 Å². The molecule has 1 N–H and O–H groups in total. The molecule has 0 bridgehead atoms. The third-order valence-corrected chi connectivity index (χ3v) is 3.50. The summed E-state index contributed by atoms with van der Waals surface area (Å²) in [6, 6.07) is 0. The van der Waals surface area contributed by atoms with Crippen molar-refractivity contribution < 1.29 is 24.1 Å². The average molecular weight is 290 g/mol. The second-order valence-electron chi connectivity index (χ2n) is 5.27. The Hall–Kier alpha value is -0.200. The maximum Gasteiger partial charge on any atom is 0.183 e. The molecular weight excluding hydrogens is 260 g/mol. The summed E-state index contributed by atoms with van der Waals surface area (Å²) in [5.74, 6) is 0. The molecular formula is C15H30O5. The Morgan fingerprint density at radius 2 is 1.90 bits per heavy atom. The molecule has 1 saturated heterocycles. The van der Waals surface area contributed by atoms with Crippen LogP contribution in [0.5, 0.6) is 0 Å². The average Bonchev–Trinajstić information content (AvgIpc) is 2.82. The van der Waals surface area contributed by atoms with Gasteiger partial charge in [-0.2, -0.15) is 0 Å². The van der Waals surface area contributed by atoms with E-state index in [4.69, 9.17) is 18.9 Å². The molecule has 1 rings (SSSR count). The summed E-state index contributed by atoms with van der Waals surface area (Å²) in [7, 11) is 1.54. The molecule has 1 aliphatic heterocycles. The van der Waals surface area contributed by atoms with Gasteiger partial charge in [-0.15, -0.1) is 0 Å². The van der Waals surface area contributed by atoms with Crippen LogP contribution in [0.1, 0.15) is 46.0 Å². The van der Waals surface area contributed by atoms with Crippen molar-refractivity contribution in [1.29, 1.82) is 0 Å². The molecule has 0 radical (unpaired) electrons. The molecule has 0 aromatic heterocycles. The number of ether oxygens (including phenoxy) is 4. The Morgan fingerprint density at radius 3 is 2.50 bits per heavy atom. The molecule has 0 aromatic carbocycles. The fourth-order valence-electron chi connectivity index (χ4n) is 2.21. The van der Waals surface area contributed by atoms with Crippen LogP contribution in [-0.2, 0) is 18.9 Å². The lowest BCUT2D eigenvalue weighted by atomic mass is 10.1. The van der Waals surface area contributed by atoms with Gasteiger partial charge in [-0.05, 0) is 12.8 Å². The van der Waals surface area contributed by atoms with Crippen LogP contribution in [0.2, 0.25) is 0 Å². The number of hydrogen-bond acceptors (Lipinski definition) is 5. The zero-order valence-electron chi connectivity index (χ0n) is 13.0. The van der Waals surface area contributed by atoms with E-state index in [1.165, 1.54) is 0 Å². The SMILES string of the molecule is CCCCOCC(OCCCC)[C@@H]1C[C@@H](O)[C@@H](OC)O1. The molecule has 0 saturated carbocycles. The minimum absolute atomic E-state index is 0.131. The zero-order valence-corrected chi connectivity index (χ0v) is 13.0. The third kappa shape index (κ3) is 6.06. The molecule has 1 fully saturated rings. The van der Waals surface area contributed by atoms with Crippen LogP contribution in [0.25, 0.3) is 0 Å². The van der Waals surface area contributed by atoms with E-state index in [1.54, 1.807) is 7.11 Å². The lowest BCUT2D eigenvalue weighted by molar-refractivity contribution is -0.176. The van der Waals surface area contributed by atoms with Crippen LogP contribution < -0.4 is 0 Å². The fraction of sp³-hybridized carbons (Fsp3) is 1.00. The molecule has 0 aromatic rings. The summed E-state index contributed by atoms with van der Waals surface area (Å²) in [4.78, 5) is 0. The van der Waals surface area contributed by atoms with E-state index in [0.717, 1.165) is 32.3 Å². The van der Waals surface area contributed by atoms with Gasteiger partial charge in [0.2, 0.25) is 0 Å². The summed E-state index contributed by atoms with van der Waals surface area (Å²) in [5, 5.41) is 9.84. The van der Waals surface area contributed by atoms with Gasteiger partial charge in [-0.1, -0.05) is 26.7 Å². The molecule has 1 aliphatic rings. The van der Waals surface area contributed by atoms with Crippen molar-refractivity contribution in [3.8, 4) is 0 Å². The number of unbranched alkanes of at least 4 members (excludes halogenated alkanes) is 2. The maximum atomic E-state index is 9.84. The fourth-order valence-corrected chi connectivity index (χ4v) is 2.21. The van der Waals surface area contributed by atoms with Gasteiger partial charge in [0, 0.05) is 26.7 Å². The molecule has 20 heavy (non-hydrogen) atoms. The van der Waals surface area contributed by atoms with Crippen molar-refractivity contribution in [2.75, 3.05) is 26.9 Å². The normalized spacial score (nSPS) is 27.9. The number of rotatable bonds is 11. The van der Waals surface area contributed by atoms with Crippen molar-refractivity contribution >= 4 is 0 Å². The van der Waals surface area contributed by atoms with Gasteiger partial charge in [-0.3, -0.25) is 0 Å². The summed E-state index contributed by atoms with van der Waals surface area (Å²) < 4.78 is 22.3. The van der Waals surface area contributed by atoms with E-state index in [0.29, 0.717) is 19.6 Å². The second-order valence-corrected chi connectivity index (χ2v) is 5.27. The van der Waals surface area contributed by atoms with Gasteiger partial charge < -0.3 is 24.1 Å². The molecule has 0 amide bonds. The molecule has 4 atom stereocenters. The first-order valence-corrected chi connectivity index (χ1v) is 7.78. The highest BCUT2D eigenvalue weighted by atomic mass is 16.7. The Morgan fingerprint density at radius 1 is 1.20 bits per heavy atom. The molecule has 0 aliphatic carbocycles. The van der Waals surface area contributed by atoms with E-state index in [-0.39, 0.29) is 12.2 Å². The largest absolute Gasteiger partial charge is 0.388 e. The standard InChI is InChI=1S/C15H30O5/c1-4-6-8-18-11-14(19-9-7-5-2)13-10-12(16)15(17-3)20-13/h12-16H,4-11H2,1-3H3/t12-,13+,14?,15+/m1/s1. The van der Waals surface area contributed by atoms with Crippen molar-refractivity contribution in [2.24, 2.45) is 0 Å². The highest BCUT2D eigenvalue weighted by Crippen LogP contribution is 2.25. The highest BCUT2D eigenvalue weighted by Gasteiger charge is 2.38. The minimum atomic E-state index is -0.585. The first kappa shape index (κ1) is 17.9. The third-order valence-electron chi connectivity index (χ3n) is 3.50. The Balaban J connectivity index is 2.40. The molecule has 1 heterocycles. The summed E-state index contributed by atoms with van der Waals surface area (Å²) in [6.45, 7) is 6.22. The molecule has 5 heteroatoms. The van der Waals surface area contributed by atoms with Gasteiger partial charge >= 0.3 is 0 Å². The molecule has 1 unspecified atom stereocenters. The van der Waals surface area contributed by atoms with Crippen molar-refractivity contribution in [1.82, 2.24) is 0 Å². The zero-order chi connectivity index (χ0) is 14.8. The van der Waals surface area contributed by atoms with Gasteiger partial charge in [0.25, 0.3) is 0 Å². The van der Waals surface area contributed by atoms with Crippen molar-refractivity contribution in [3.63, 3.8) is 0 Å². The van der Waals surface area contributed by atoms with Crippen molar-refractivity contribution in [3.05, 3.63) is 0 Å². The van der Waals surface area contributed by atoms with Gasteiger partial charge in [0.1, 0.15) is 12.2 Å². The Bertz CT molecular complexity index is 236. The first-order chi connectivity index (χ1) is 9.72. The predicted molar refractivity (Wildman–Crippen MR) is 76.7 cm³/mol. The highest BCUT2D eigenvalue weighted by molar-refractivity contribution is 4.83. The predicted octanol–water partition coefficient (Wildman–Crippen LogP) is 2.11. The van der Waals surface area contributed by atoms with E-state index in [2.05, 4.69) is 13.8 Å². The topological polar surface area (TPSA) is 57.2 Å². The van der Waals surface area contributed by atoms with E-state index < -0.39 is 12.4 Å². The summed E-state index contributed by atoms with van der Waals surface area (Å²) in [5.41, 5.74) is 0. The number of aliphatic hydroxyl groups excluding tert-OH is 1. The van der Waals surface area contributed by atoms with Crippen LogP contribution in [0.4, 0.5) is 0 Å². The van der Waals surface area contributed by atoms with Crippen LogP contribution in [0.15, 0.2) is 0 Å². The maximum absolute atomic E-state index is 9.84. The number of aliphatic hydroxyl groups is 1. The second kappa shape index (κ2) is 10.5.